The van der Waals surface area contributed by atoms with Crippen molar-refractivity contribution in [3.63, 3.8) is 0 Å². The molecule has 118 valence electrons. The topological polar surface area (TPSA) is 70.2 Å². The fourth-order valence-corrected chi connectivity index (χ4v) is 3.69. The number of aromatic nitrogens is 2. The first-order valence-corrected chi connectivity index (χ1v) is 9.12. The molecule has 1 saturated heterocycles. The van der Waals surface area contributed by atoms with Gasteiger partial charge < -0.3 is 5.32 Å². The van der Waals surface area contributed by atoms with Crippen LogP contribution in [0.2, 0.25) is 0 Å². The maximum atomic E-state index is 12.1. The quantitative estimate of drug-likeness (QED) is 0.742. The van der Waals surface area contributed by atoms with E-state index >= 15 is 0 Å². The van der Waals surface area contributed by atoms with E-state index in [-0.39, 0.29) is 5.91 Å². The molecule has 0 spiro atoms. The lowest BCUT2D eigenvalue weighted by Gasteiger charge is -2.30. The lowest BCUT2D eigenvalue weighted by atomic mass is 10.1. The summed E-state index contributed by atoms with van der Waals surface area (Å²) in [5, 5.41) is 7.53. The zero-order valence-electron chi connectivity index (χ0n) is 12.6. The number of nitrogens with one attached hydrogen (secondary N) is 2. The van der Waals surface area contributed by atoms with Gasteiger partial charge in [0.05, 0.1) is 6.54 Å². The molecule has 8 heteroatoms. The Morgan fingerprint density at radius 1 is 1.52 bits per heavy atom. The SMILES string of the molecule is CCCSc1nsc(NC(=O)CN(C)C2CCNCC2)n1. The molecule has 2 rings (SSSR count). The molecule has 0 radical (unpaired) electrons. The standard InChI is InChI=1S/C13H23N5OS2/c1-3-8-20-13-16-12(21-17-13)15-11(19)9-18(2)10-4-6-14-7-5-10/h10,14H,3-9H2,1-2H3,(H,15,16,17,19). The molecule has 0 unspecified atom stereocenters. The Kier molecular flexibility index (Phi) is 6.88. The minimum absolute atomic E-state index is 0.0146. The highest BCUT2D eigenvalue weighted by Gasteiger charge is 2.20. The van der Waals surface area contributed by atoms with Gasteiger partial charge in [-0.2, -0.15) is 9.36 Å². The van der Waals surface area contributed by atoms with Gasteiger partial charge in [-0.05, 0) is 39.4 Å². The molecule has 0 aliphatic carbocycles. The Bertz CT molecular complexity index is 448. The van der Waals surface area contributed by atoms with Crippen molar-refractivity contribution in [3.8, 4) is 0 Å². The highest BCUT2D eigenvalue weighted by Crippen LogP contribution is 2.20. The number of nitrogens with zero attached hydrogens (tertiary/aromatic N) is 3. The Morgan fingerprint density at radius 2 is 2.29 bits per heavy atom. The van der Waals surface area contributed by atoms with Crippen LogP contribution in [0.4, 0.5) is 5.13 Å². The van der Waals surface area contributed by atoms with E-state index in [0.29, 0.717) is 17.7 Å². The molecule has 1 fully saturated rings. The average molecular weight is 329 g/mol. The Hall–Kier alpha value is -0.700. The van der Waals surface area contributed by atoms with Crippen molar-refractivity contribution in [2.24, 2.45) is 0 Å². The zero-order chi connectivity index (χ0) is 15.1. The highest BCUT2D eigenvalue weighted by molar-refractivity contribution is 7.99. The largest absolute Gasteiger partial charge is 0.317 e. The lowest BCUT2D eigenvalue weighted by Crippen LogP contribution is -2.44. The lowest BCUT2D eigenvalue weighted by molar-refractivity contribution is -0.117. The van der Waals surface area contributed by atoms with Crippen molar-refractivity contribution in [1.82, 2.24) is 19.6 Å². The molecule has 1 amide bonds. The molecular formula is C13H23N5OS2. The van der Waals surface area contributed by atoms with Crippen molar-refractivity contribution < 1.29 is 4.79 Å². The van der Waals surface area contributed by atoms with E-state index in [4.69, 9.17) is 0 Å². The average Bonchev–Trinajstić information content (AvgIpc) is 2.93. The summed E-state index contributed by atoms with van der Waals surface area (Å²) in [6.45, 7) is 4.59. The zero-order valence-corrected chi connectivity index (χ0v) is 14.2. The second-order valence-corrected chi connectivity index (χ2v) is 6.99. The first kappa shape index (κ1) is 16.7. The van der Waals surface area contributed by atoms with Crippen molar-refractivity contribution in [1.29, 1.82) is 0 Å². The molecule has 2 N–H and O–H groups in total. The number of piperidine rings is 1. The molecule has 6 nitrogen and oxygen atoms in total. The fourth-order valence-electron chi connectivity index (χ4n) is 2.27. The first-order chi connectivity index (χ1) is 10.2. The molecule has 0 saturated carbocycles. The molecule has 0 atom stereocenters. The van der Waals surface area contributed by atoms with Gasteiger partial charge in [0.15, 0.2) is 0 Å². The Morgan fingerprint density at radius 3 is 3.00 bits per heavy atom. The van der Waals surface area contributed by atoms with E-state index in [1.54, 1.807) is 11.8 Å². The van der Waals surface area contributed by atoms with Crippen LogP contribution in [0.25, 0.3) is 0 Å². The molecule has 1 aliphatic heterocycles. The van der Waals surface area contributed by atoms with Gasteiger partial charge in [-0.3, -0.25) is 15.0 Å². The molecule has 0 aromatic carbocycles. The summed E-state index contributed by atoms with van der Waals surface area (Å²) in [4.78, 5) is 18.5. The van der Waals surface area contributed by atoms with E-state index in [2.05, 4.69) is 31.8 Å². The van der Waals surface area contributed by atoms with E-state index in [0.717, 1.165) is 43.3 Å². The molecule has 21 heavy (non-hydrogen) atoms. The number of thioether (sulfide) groups is 1. The number of rotatable bonds is 7. The van der Waals surface area contributed by atoms with Crippen molar-refractivity contribution in [2.45, 2.75) is 37.4 Å². The summed E-state index contributed by atoms with van der Waals surface area (Å²) < 4.78 is 4.23. The maximum absolute atomic E-state index is 12.1. The minimum atomic E-state index is -0.0146. The van der Waals surface area contributed by atoms with E-state index in [1.165, 1.54) is 11.5 Å². The molecule has 1 aliphatic rings. The van der Waals surface area contributed by atoms with Gasteiger partial charge in [-0.1, -0.05) is 18.7 Å². The smallest absolute Gasteiger partial charge is 0.240 e. The van der Waals surface area contributed by atoms with Gasteiger partial charge in [0, 0.05) is 23.3 Å². The van der Waals surface area contributed by atoms with Crippen LogP contribution in [0.5, 0.6) is 0 Å². The van der Waals surface area contributed by atoms with Gasteiger partial charge in [0.25, 0.3) is 0 Å². The summed E-state index contributed by atoms with van der Waals surface area (Å²) in [6.07, 6.45) is 3.29. The number of carbonyl (C=O) groups excluding carboxylic acids is 1. The van der Waals surface area contributed by atoms with E-state index in [1.807, 2.05) is 7.05 Å². The van der Waals surface area contributed by atoms with Crippen LogP contribution in [-0.2, 0) is 4.79 Å². The fraction of sp³-hybridized carbons (Fsp3) is 0.769. The van der Waals surface area contributed by atoms with Crippen molar-refractivity contribution >= 4 is 34.3 Å². The van der Waals surface area contributed by atoms with Gasteiger partial charge >= 0.3 is 0 Å². The van der Waals surface area contributed by atoms with Crippen LogP contribution >= 0.6 is 23.3 Å². The summed E-state index contributed by atoms with van der Waals surface area (Å²) in [7, 11) is 2.01. The normalized spacial score (nSPS) is 16.3. The number of amides is 1. The number of hydrogen-bond acceptors (Lipinski definition) is 7. The predicted octanol–water partition coefficient (Wildman–Crippen LogP) is 1.66. The molecule has 0 bridgehead atoms. The number of hydrogen-bond donors (Lipinski definition) is 2. The van der Waals surface area contributed by atoms with E-state index < -0.39 is 0 Å². The first-order valence-electron chi connectivity index (χ1n) is 7.36. The predicted molar refractivity (Wildman–Crippen MR) is 88.1 cm³/mol. The van der Waals surface area contributed by atoms with Crippen molar-refractivity contribution in [3.05, 3.63) is 0 Å². The summed E-state index contributed by atoms with van der Waals surface area (Å²) >= 11 is 2.87. The monoisotopic (exact) mass is 329 g/mol. The van der Waals surface area contributed by atoms with E-state index in [9.17, 15) is 4.79 Å². The van der Waals surface area contributed by atoms with Crippen LogP contribution in [0.3, 0.4) is 0 Å². The highest BCUT2D eigenvalue weighted by atomic mass is 32.2. The van der Waals surface area contributed by atoms with Gasteiger partial charge in [0.2, 0.25) is 16.2 Å². The number of carbonyl (C=O) groups is 1. The maximum Gasteiger partial charge on any atom is 0.240 e. The third-order valence-electron chi connectivity index (χ3n) is 3.41. The van der Waals surface area contributed by atoms with Crippen molar-refractivity contribution in [2.75, 3.05) is 37.8 Å². The summed E-state index contributed by atoms with van der Waals surface area (Å²) in [5.74, 6) is 0.988. The molecule has 1 aromatic rings. The number of likely N-dealkylation sites (N-methyl/N-ethyl adjacent to an activating group) is 1. The summed E-state index contributed by atoms with van der Waals surface area (Å²) in [5.41, 5.74) is 0. The number of anilines is 1. The molecule has 1 aromatic heterocycles. The van der Waals surface area contributed by atoms with Crippen LogP contribution < -0.4 is 10.6 Å². The minimum Gasteiger partial charge on any atom is -0.317 e. The Balaban J connectivity index is 1.76. The second-order valence-electron chi connectivity index (χ2n) is 5.18. The summed E-state index contributed by atoms with van der Waals surface area (Å²) in [6, 6.07) is 0.488. The molecular weight excluding hydrogens is 306 g/mol. The third kappa shape index (κ3) is 5.54. The molecule has 2 heterocycles. The van der Waals surface area contributed by atoms with Gasteiger partial charge in [-0.25, -0.2) is 0 Å². The second kappa shape index (κ2) is 8.67. The third-order valence-corrected chi connectivity index (χ3v) is 5.21. The van der Waals surface area contributed by atoms with Crippen LogP contribution in [0.1, 0.15) is 26.2 Å². The van der Waals surface area contributed by atoms with Gasteiger partial charge in [-0.15, -0.1) is 0 Å². The Labute approximate surface area is 134 Å². The van der Waals surface area contributed by atoms with Crippen LogP contribution in [0, 0.1) is 0 Å². The van der Waals surface area contributed by atoms with Crippen LogP contribution in [-0.4, -0.2) is 58.6 Å². The van der Waals surface area contributed by atoms with Crippen LogP contribution in [0.15, 0.2) is 5.16 Å². The van der Waals surface area contributed by atoms with Gasteiger partial charge in [0.1, 0.15) is 0 Å².